The lowest BCUT2D eigenvalue weighted by atomic mass is 10.0. The fraction of sp³-hybridized carbons (Fsp3) is 0.400. The van der Waals surface area contributed by atoms with E-state index in [0.717, 1.165) is 37.4 Å². The number of carbonyl (C=O) groups excluding carboxylic acids is 1. The third-order valence-electron chi connectivity index (χ3n) is 4.45. The summed E-state index contributed by atoms with van der Waals surface area (Å²) in [7, 11) is 0. The Morgan fingerprint density at radius 2 is 2.05 bits per heavy atom. The van der Waals surface area contributed by atoms with E-state index in [1.165, 1.54) is 6.33 Å². The summed E-state index contributed by atoms with van der Waals surface area (Å²) in [5, 5.41) is 7.50. The van der Waals surface area contributed by atoms with Crippen molar-refractivity contribution in [3.8, 4) is 5.69 Å². The van der Waals surface area contributed by atoms with Crippen LogP contribution < -0.4 is 5.32 Å². The molecule has 2 aromatic rings. The van der Waals surface area contributed by atoms with E-state index in [-0.39, 0.29) is 5.91 Å². The molecular formula is C15H17N5O. The van der Waals surface area contributed by atoms with E-state index < -0.39 is 0 Å². The Morgan fingerprint density at radius 3 is 2.76 bits per heavy atom. The quantitative estimate of drug-likeness (QED) is 0.874. The lowest BCUT2D eigenvalue weighted by Gasteiger charge is -2.18. The second-order valence-electron chi connectivity index (χ2n) is 5.78. The molecule has 2 aliphatic heterocycles. The van der Waals surface area contributed by atoms with Crippen LogP contribution >= 0.6 is 0 Å². The predicted octanol–water partition coefficient (Wildman–Crippen LogP) is 0.559. The summed E-state index contributed by atoms with van der Waals surface area (Å²) >= 11 is 0. The van der Waals surface area contributed by atoms with Crippen molar-refractivity contribution in [2.24, 2.45) is 11.8 Å². The van der Waals surface area contributed by atoms with Gasteiger partial charge in [-0.05, 0) is 30.0 Å². The van der Waals surface area contributed by atoms with Crippen molar-refractivity contribution in [2.45, 2.75) is 0 Å². The summed E-state index contributed by atoms with van der Waals surface area (Å²) in [5.41, 5.74) is 1.58. The minimum absolute atomic E-state index is 0.117. The first-order chi connectivity index (χ1) is 10.3. The van der Waals surface area contributed by atoms with Gasteiger partial charge in [-0.2, -0.15) is 5.10 Å². The van der Waals surface area contributed by atoms with Gasteiger partial charge in [0.05, 0.1) is 5.69 Å². The number of likely N-dealkylation sites (tertiary alicyclic amines) is 1. The average molecular weight is 283 g/mol. The number of carbonyl (C=O) groups is 1. The van der Waals surface area contributed by atoms with E-state index >= 15 is 0 Å². The van der Waals surface area contributed by atoms with Crippen LogP contribution in [0.5, 0.6) is 0 Å². The van der Waals surface area contributed by atoms with Crippen LogP contribution in [0.15, 0.2) is 36.9 Å². The smallest absolute Gasteiger partial charge is 0.253 e. The van der Waals surface area contributed by atoms with Crippen molar-refractivity contribution in [3.63, 3.8) is 0 Å². The van der Waals surface area contributed by atoms with Crippen LogP contribution in [0.2, 0.25) is 0 Å². The van der Waals surface area contributed by atoms with Gasteiger partial charge in [-0.25, -0.2) is 9.67 Å². The molecular weight excluding hydrogens is 266 g/mol. The zero-order valence-electron chi connectivity index (χ0n) is 11.6. The number of rotatable bonds is 2. The molecule has 6 heteroatoms. The molecule has 2 fully saturated rings. The number of aromatic nitrogens is 3. The van der Waals surface area contributed by atoms with E-state index in [2.05, 4.69) is 15.4 Å². The van der Waals surface area contributed by atoms with Crippen molar-refractivity contribution in [1.29, 1.82) is 0 Å². The molecule has 1 aromatic carbocycles. The Labute approximate surface area is 122 Å². The van der Waals surface area contributed by atoms with Crippen LogP contribution in [-0.4, -0.2) is 51.8 Å². The molecule has 1 amide bonds. The number of fused-ring (bicyclic) bond motifs is 1. The summed E-state index contributed by atoms with van der Waals surface area (Å²) in [6.45, 7) is 3.80. The van der Waals surface area contributed by atoms with Gasteiger partial charge in [0.2, 0.25) is 0 Å². The number of hydrogen-bond donors (Lipinski definition) is 1. The maximum absolute atomic E-state index is 12.7. The molecule has 2 saturated heterocycles. The van der Waals surface area contributed by atoms with Crippen molar-refractivity contribution in [1.82, 2.24) is 25.0 Å². The highest BCUT2D eigenvalue weighted by Gasteiger charge is 2.38. The number of amides is 1. The Bertz CT molecular complexity index is 642. The summed E-state index contributed by atoms with van der Waals surface area (Å²) in [4.78, 5) is 18.6. The highest BCUT2D eigenvalue weighted by molar-refractivity contribution is 5.95. The molecule has 3 heterocycles. The highest BCUT2D eigenvalue weighted by atomic mass is 16.2. The maximum Gasteiger partial charge on any atom is 0.253 e. The highest BCUT2D eigenvalue weighted by Crippen LogP contribution is 2.27. The van der Waals surface area contributed by atoms with Crippen LogP contribution in [0.4, 0.5) is 0 Å². The topological polar surface area (TPSA) is 63.1 Å². The van der Waals surface area contributed by atoms with E-state index in [0.29, 0.717) is 11.8 Å². The van der Waals surface area contributed by atoms with Gasteiger partial charge in [-0.3, -0.25) is 4.79 Å². The Morgan fingerprint density at radius 1 is 1.24 bits per heavy atom. The molecule has 0 aliphatic carbocycles. The van der Waals surface area contributed by atoms with Crippen LogP contribution in [0.25, 0.3) is 5.69 Å². The first-order valence-electron chi connectivity index (χ1n) is 7.26. The normalized spacial score (nSPS) is 24.3. The van der Waals surface area contributed by atoms with Crippen LogP contribution in [-0.2, 0) is 0 Å². The van der Waals surface area contributed by atoms with Crippen LogP contribution in [0, 0.1) is 11.8 Å². The first-order valence-corrected chi connectivity index (χ1v) is 7.26. The molecule has 21 heavy (non-hydrogen) atoms. The second-order valence-corrected chi connectivity index (χ2v) is 5.78. The molecule has 108 valence electrons. The molecule has 2 aliphatic rings. The van der Waals surface area contributed by atoms with Crippen molar-refractivity contribution >= 4 is 5.91 Å². The summed E-state index contributed by atoms with van der Waals surface area (Å²) in [5.74, 6) is 1.35. The maximum atomic E-state index is 12.7. The third-order valence-corrected chi connectivity index (χ3v) is 4.45. The Balaban J connectivity index is 1.56. The fourth-order valence-electron chi connectivity index (χ4n) is 3.33. The molecule has 2 atom stereocenters. The molecule has 1 aromatic heterocycles. The van der Waals surface area contributed by atoms with E-state index in [9.17, 15) is 4.79 Å². The van der Waals surface area contributed by atoms with Gasteiger partial charge in [-0.1, -0.05) is 6.07 Å². The van der Waals surface area contributed by atoms with Crippen molar-refractivity contribution in [3.05, 3.63) is 42.5 Å². The number of nitrogens with one attached hydrogen (secondary N) is 1. The predicted molar refractivity (Wildman–Crippen MR) is 77.1 cm³/mol. The van der Waals surface area contributed by atoms with Gasteiger partial charge < -0.3 is 10.2 Å². The van der Waals surface area contributed by atoms with Gasteiger partial charge in [0.25, 0.3) is 5.91 Å². The van der Waals surface area contributed by atoms with E-state index in [1.54, 1.807) is 11.0 Å². The molecule has 0 radical (unpaired) electrons. The van der Waals surface area contributed by atoms with Gasteiger partial charge in [-0.15, -0.1) is 0 Å². The average Bonchev–Trinajstić information content (AvgIpc) is 3.22. The summed E-state index contributed by atoms with van der Waals surface area (Å²) < 4.78 is 1.67. The summed E-state index contributed by atoms with van der Waals surface area (Å²) in [6, 6.07) is 7.56. The van der Waals surface area contributed by atoms with Gasteiger partial charge in [0, 0.05) is 31.7 Å². The minimum atomic E-state index is 0.117. The Kier molecular flexibility index (Phi) is 2.96. The zero-order chi connectivity index (χ0) is 14.2. The minimum Gasteiger partial charge on any atom is -0.338 e. The van der Waals surface area contributed by atoms with Crippen LogP contribution in [0.3, 0.4) is 0 Å². The van der Waals surface area contributed by atoms with Crippen LogP contribution in [0.1, 0.15) is 10.4 Å². The second kappa shape index (κ2) is 4.96. The lowest BCUT2D eigenvalue weighted by Crippen LogP contribution is -2.31. The lowest BCUT2D eigenvalue weighted by molar-refractivity contribution is 0.0781. The van der Waals surface area contributed by atoms with Gasteiger partial charge >= 0.3 is 0 Å². The molecule has 0 unspecified atom stereocenters. The molecule has 0 bridgehead atoms. The van der Waals surface area contributed by atoms with Crippen molar-refractivity contribution < 1.29 is 4.79 Å². The number of hydrogen-bond acceptors (Lipinski definition) is 4. The fourth-order valence-corrected chi connectivity index (χ4v) is 3.33. The van der Waals surface area contributed by atoms with Gasteiger partial charge in [0.1, 0.15) is 12.7 Å². The summed E-state index contributed by atoms with van der Waals surface area (Å²) in [6.07, 6.45) is 3.12. The monoisotopic (exact) mass is 283 g/mol. The standard InChI is InChI=1S/C15H17N5O/c21-15(19-7-12-5-16-6-13(12)8-19)11-2-1-3-14(4-11)20-10-17-9-18-20/h1-4,9-10,12-13,16H,5-8H2/t12-,13+. The van der Waals surface area contributed by atoms with E-state index in [4.69, 9.17) is 0 Å². The number of benzene rings is 1. The first kappa shape index (κ1) is 12.5. The molecule has 6 nitrogen and oxygen atoms in total. The Hall–Kier alpha value is -2.21. The zero-order valence-corrected chi connectivity index (χ0v) is 11.6. The molecule has 0 spiro atoms. The van der Waals surface area contributed by atoms with Crippen molar-refractivity contribution in [2.75, 3.05) is 26.2 Å². The molecule has 1 N–H and O–H groups in total. The molecule has 0 saturated carbocycles. The van der Waals surface area contributed by atoms with E-state index in [1.807, 2.05) is 29.2 Å². The third kappa shape index (κ3) is 2.21. The molecule has 4 rings (SSSR count). The SMILES string of the molecule is O=C(c1cccc(-n2cncn2)c1)N1C[C@H]2CNC[C@H]2C1. The number of nitrogens with zero attached hydrogens (tertiary/aromatic N) is 4. The van der Waals surface area contributed by atoms with Gasteiger partial charge in [0.15, 0.2) is 0 Å². The largest absolute Gasteiger partial charge is 0.338 e.